The molecule has 8 nitrogen and oxygen atoms in total. The molecule has 1 saturated heterocycles. The topological polar surface area (TPSA) is 89.4 Å². The lowest BCUT2D eigenvalue weighted by atomic mass is 9.96. The Kier molecular flexibility index (Phi) is 5.62. The zero-order valence-corrected chi connectivity index (χ0v) is 13.0. The first-order valence-electron chi connectivity index (χ1n) is 7.35. The first-order valence-corrected chi connectivity index (χ1v) is 7.35. The Labute approximate surface area is 136 Å². The number of rotatable bonds is 4. The molecule has 1 N–H and O–H groups in total. The summed E-state index contributed by atoms with van der Waals surface area (Å²) in [4.78, 5) is 24.6. The largest absolute Gasteiger partial charge is 0.440 e. The Morgan fingerprint density at radius 1 is 1.38 bits per heavy atom. The highest BCUT2D eigenvalue weighted by atomic mass is 19.4. The number of amides is 2. The molecule has 0 spiro atoms. The van der Waals surface area contributed by atoms with Gasteiger partial charge in [0, 0.05) is 26.1 Å². The van der Waals surface area contributed by atoms with Gasteiger partial charge in [-0.05, 0) is 12.8 Å². The molecule has 1 fully saturated rings. The van der Waals surface area contributed by atoms with Gasteiger partial charge >= 0.3 is 12.3 Å². The number of ether oxygens (including phenoxy) is 1. The maximum Gasteiger partial charge on any atom is 0.422 e. The van der Waals surface area contributed by atoms with Crippen molar-refractivity contribution in [1.82, 2.24) is 25.0 Å². The molecule has 1 aliphatic rings. The number of halogens is 3. The second-order valence-electron chi connectivity index (χ2n) is 5.50. The van der Waals surface area contributed by atoms with Crippen LogP contribution in [0.5, 0.6) is 0 Å². The van der Waals surface area contributed by atoms with Crippen LogP contribution in [0.25, 0.3) is 0 Å². The van der Waals surface area contributed by atoms with Crippen molar-refractivity contribution in [2.24, 2.45) is 7.05 Å². The molecule has 0 atom stereocenters. The van der Waals surface area contributed by atoms with Gasteiger partial charge in [-0.15, -0.1) is 10.2 Å². The van der Waals surface area contributed by atoms with E-state index in [0.717, 1.165) is 5.82 Å². The summed E-state index contributed by atoms with van der Waals surface area (Å²) in [6, 6.07) is 0. The van der Waals surface area contributed by atoms with Crippen LogP contribution in [-0.4, -0.2) is 64.1 Å². The highest BCUT2D eigenvalue weighted by Crippen LogP contribution is 2.25. The SMILES string of the molecule is Cn1cnnc1C1CCN(C(=O)CNC(=O)OCC(F)(F)F)CC1. The predicted molar refractivity (Wildman–Crippen MR) is 75.0 cm³/mol. The normalized spacial score (nSPS) is 16.1. The van der Waals surface area contributed by atoms with E-state index in [0.29, 0.717) is 25.9 Å². The van der Waals surface area contributed by atoms with Gasteiger partial charge in [-0.3, -0.25) is 4.79 Å². The number of aryl methyl sites for hydroxylation is 1. The minimum atomic E-state index is -4.59. The average molecular weight is 349 g/mol. The summed E-state index contributed by atoms with van der Waals surface area (Å²) >= 11 is 0. The highest BCUT2D eigenvalue weighted by molar-refractivity contribution is 5.82. The Bertz CT molecular complexity index is 582. The average Bonchev–Trinajstić information content (AvgIpc) is 2.96. The summed E-state index contributed by atoms with van der Waals surface area (Å²) in [5.74, 6) is 0.692. The molecular formula is C13H18F3N5O3. The van der Waals surface area contributed by atoms with E-state index in [2.05, 4.69) is 14.9 Å². The maximum atomic E-state index is 12.0. The predicted octanol–water partition coefficient (Wildman–Crippen LogP) is 0.810. The van der Waals surface area contributed by atoms with E-state index in [1.165, 1.54) is 0 Å². The van der Waals surface area contributed by atoms with Crippen LogP contribution in [0, 0.1) is 0 Å². The number of piperidine rings is 1. The van der Waals surface area contributed by atoms with Crippen LogP contribution >= 0.6 is 0 Å². The Morgan fingerprint density at radius 3 is 2.58 bits per heavy atom. The number of aromatic nitrogens is 3. The number of alkyl carbamates (subject to hydrolysis) is 1. The molecule has 24 heavy (non-hydrogen) atoms. The Morgan fingerprint density at radius 2 is 2.04 bits per heavy atom. The molecule has 0 bridgehead atoms. The lowest BCUT2D eigenvalue weighted by Gasteiger charge is -2.31. The molecule has 0 saturated carbocycles. The zero-order chi connectivity index (χ0) is 17.7. The van der Waals surface area contributed by atoms with E-state index in [4.69, 9.17) is 0 Å². The molecule has 0 unspecified atom stereocenters. The van der Waals surface area contributed by atoms with E-state index < -0.39 is 25.4 Å². The number of hydrogen-bond donors (Lipinski definition) is 1. The monoisotopic (exact) mass is 349 g/mol. The fourth-order valence-corrected chi connectivity index (χ4v) is 2.51. The smallest absolute Gasteiger partial charge is 0.422 e. The molecular weight excluding hydrogens is 331 g/mol. The maximum absolute atomic E-state index is 12.0. The van der Waals surface area contributed by atoms with Gasteiger partial charge in [-0.1, -0.05) is 0 Å². The quantitative estimate of drug-likeness (QED) is 0.869. The first kappa shape index (κ1) is 18.0. The van der Waals surface area contributed by atoms with Crippen molar-refractivity contribution in [2.45, 2.75) is 24.9 Å². The first-order chi connectivity index (χ1) is 11.3. The molecule has 2 heterocycles. The van der Waals surface area contributed by atoms with Crippen LogP contribution in [0.2, 0.25) is 0 Å². The van der Waals surface area contributed by atoms with Gasteiger partial charge in [0.15, 0.2) is 6.61 Å². The van der Waals surface area contributed by atoms with Crippen molar-refractivity contribution in [3.63, 3.8) is 0 Å². The van der Waals surface area contributed by atoms with Crippen LogP contribution in [0.15, 0.2) is 6.33 Å². The molecule has 0 aliphatic carbocycles. The summed E-state index contributed by atoms with van der Waals surface area (Å²) in [5, 5.41) is 9.90. The lowest BCUT2D eigenvalue weighted by molar-refractivity contribution is -0.160. The Balaban J connectivity index is 1.71. The second kappa shape index (κ2) is 7.49. The minimum absolute atomic E-state index is 0.200. The molecule has 0 aromatic carbocycles. The molecule has 11 heteroatoms. The van der Waals surface area contributed by atoms with Gasteiger partial charge in [0.1, 0.15) is 18.7 Å². The number of nitrogens with zero attached hydrogens (tertiary/aromatic N) is 4. The second-order valence-corrected chi connectivity index (χ2v) is 5.50. The Hall–Kier alpha value is -2.33. The van der Waals surface area contributed by atoms with Crippen LogP contribution in [0.4, 0.5) is 18.0 Å². The number of nitrogens with one attached hydrogen (secondary N) is 1. The number of alkyl halides is 3. The van der Waals surface area contributed by atoms with Gasteiger partial charge < -0.3 is 19.5 Å². The fraction of sp³-hybridized carbons (Fsp3) is 0.692. The third-order valence-electron chi connectivity index (χ3n) is 3.71. The molecule has 2 amide bonds. The zero-order valence-electron chi connectivity index (χ0n) is 13.0. The summed E-state index contributed by atoms with van der Waals surface area (Å²) in [7, 11) is 1.85. The molecule has 1 aliphatic heterocycles. The summed E-state index contributed by atoms with van der Waals surface area (Å²) < 4.78 is 41.5. The van der Waals surface area contributed by atoms with Gasteiger partial charge in [0.05, 0.1) is 0 Å². The molecule has 2 rings (SSSR count). The molecule has 134 valence electrons. The number of carbonyl (C=O) groups is 2. The van der Waals surface area contributed by atoms with Crippen molar-refractivity contribution in [2.75, 3.05) is 26.2 Å². The van der Waals surface area contributed by atoms with Crippen LogP contribution in [-0.2, 0) is 16.6 Å². The number of hydrogen-bond acceptors (Lipinski definition) is 5. The molecule has 1 aromatic rings. The summed E-state index contributed by atoms with van der Waals surface area (Å²) in [6.45, 7) is -1.12. The molecule has 1 aromatic heterocycles. The van der Waals surface area contributed by atoms with Crippen LogP contribution in [0.1, 0.15) is 24.6 Å². The van der Waals surface area contributed by atoms with Gasteiger partial charge in [-0.2, -0.15) is 13.2 Å². The summed E-state index contributed by atoms with van der Waals surface area (Å²) in [6.07, 6.45) is -2.84. The molecule has 0 radical (unpaired) electrons. The van der Waals surface area contributed by atoms with Crippen molar-refractivity contribution in [3.05, 3.63) is 12.2 Å². The lowest BCUT2D eigenvalue weighted by Crippen LogP contribution is -2.44. The van der Waals surface area contributed by atoms with Gasteiger partial charge in [0.2, 0.25) is 5.91 Å². The van der Waals surface area contributed by atoms with Gasteiger partial charge in [-0.25, -0.2) is 4.79 Å². The van der Waals surface area contributed by atoms with Crippen molar-refractivity contribution in [1.29, 1.82) is 0 Å². The van der Waals surface area contributed by atoms with Crippen molar-refractivity contribution >= 4 is 12.0 Å². The van der Waals surface area contributed by atoms with Crippen LogP contribution in [0.3, 0.4) is 0 Å². The standard InChI is InChI=1S/C13H18F3N5O3/c1-20-8-18-19-11(20)9-2-4-21(5-3-9)10(22)6-17-12(23)24-7-13(14,15)16/h8-9H,2-7H2,1H3,(H,17,23). The van der Waals surface area contributed by atoms with Crippen LogP contribution < -0.4 is 5.32 Å². The highest BCUT2D eigenvalue weighted by Gasteiger charge is 2.30. The van der Waals surface area contributed by atoms with Crippen molar-refractivity contribution in [3.8, 4) is 0 Å². The third kappa shape index (κ3) is 5.10. The van der Waals surface area contributed by atoms with E-state index in [9.17, 15) is 22.8 Å². The number of likely N-dealkylation sites (tertiary alicyclic amines) is 1. The van der Waals surface area contributed by atoms with E-state index in [1.54, 1.807) is 11.2 Å². The fourth-order valence-electron chi connectivity index (χ4n) is 2.51. The number of carbonyl (C=O) groups excluding carboxylic acids is 2. The van der Waals surface area contributed by atoms with Gasteiger partial charge in [0.25, 0.3) is 0 Å². The third-order valence-corrected chi connectivity index (χ3v) is 3.71. The van der Waals surface area contributed by atoms with E-state index in [-0.39, 0.29) is 11.8 Å². The van der Waals surface area contributed by atoms with E-state index in [1.807, 2.05) is 16.9 Å². The summed E-state index contributed by atoms with van der Waals surface area (Å²) in [5.41, 5.74) is 0. The van der Waals surface area contributed by atoms with Crippen molar-refractivity contribution < 1.29 is 27.5 Å². The van der Waals surface area contributed by atoms with E-state index >= 15 is 0 Å². The minimum Gasteiger partial charge on any atom is -0.440 e.